The summed E-state index contributed by atoms with van der Waals surface area (Å²) < 4.78 is 5.02. The van der Waals surface area contributed by atoms with E-state index in [-0.39, 0.29) is 11.1 Å². The number of benzene rings is 1. The zero-order valence-electron chi connectivity index (χ0n) is 9.64. The van der Waals surface area contributed by atoms with Crippen LogP contribution < -0.4 is 5.90 Å². The average molecular weight is 237 g/mol. The normalized spacial score (nSPS) is 9.76. The summed E-state index contributed by atoms with van der Waals surface area (Å²) in [6, 6.07) is 6.23. The second kappa shape index (κ2) is 6.65. The van der Waals surface area contributed by atoms with E-state index in [1.54, 1.807) is 12.1 Å². The largest absolute Gasteiger partial charge is 0.462 e. The van der Waals surface area contributed by atoms with Crippen molar-refractivity contribution in [1.82, 2.24) is 0 Å². The van der Waals surface area contributed by atoms with Gasteiger partial charge in [-0.25, -0.2) is 9.59 Å². The highest BCUT2D eigenvalue weighted by molar-refractivity contribution is 6.02. The summed E-state index contributed by atoms with van der Waals surface area (Å²) in [6.07, 6.45) is 1.72. The Morgan fingerprint density at radius 3 is 2.29 bits per heavy atom. The Balaban J connectivity index is 2.82. The maximum atomic E-state index is 11.7. The summed E-state index contributed by atoms with van der Waals surface area (Å²) in [5, 5.41) is 0. The summed E-state index contributed by atoms with van der Waals surface area (Å²) in [7, 11) is 0. The number of ether oxygens (including phenoxy) is 1. The van der Waals surface area contributed by atoms with Crippen molar-refractivity contribution in [1.29, 1.82) is 0 Å². The van der Waals surface area contributed by atoms with Gasteiger partial charge in [-0.15, -0.1) is 0 Å². The quantitative estimate of drug-likeness (QED) is 0.479. The van der Waals surface area contributed by atoms with Gasteiger partial charge in [-0.05, 0) is 18.6 Å². The highest BCUT2D eigenvalue weighted by atomic mass is 16.7. The van der Waals surface area contributed by atoms with Gasteiger partial charge < -0.3 is 9.57 Å². The monoisotopic (exact) mass is 237 g/mol. The molecule has 5 nitrogen and oxygen atoms in total. The Labute approximate surface area is 99.5 Å². The highest BCUT2D eigenvalue weighted by Gasteiger charge is 2.18. The first kappa shape index (κ1) is 13.2. The lowest BCUT2D eigenvalue weighted by Gasteiger charge is -2.07. The number of unbranched alkanes of at least 4 members (excludes halogenated alkanes) is 1. The maximum absolute atomic E-state index is 11.7. The standard InChI is InChI=1S/C12H15NO4/c1-2-3-8-16-11(14)9-6-4-5-7-10(9)12(15)17-13/h4-7H,2-3,8,13H2,1H3. The van der Waals surface area contributed by atoms with Crippen LogP contribution in [0.5, 0.6) is 0 Å². The van der Waals surface area contributed by atoms with Crippen LogP contribution in [0.3, 0.4) is 0 Å². The summed E-state index contributed by atoms with van der Waals surface area (Å²) >= 11 is 0. The molecule has 0 saturated carbocycles. The fourth-order valence-electron chi connectivity index (χ4n) is 1.29. The molecule has 0 bridgehead atoms. The molecule has 0 spiro atoms. The predicted octanol–water partition coefficient (Wildman–Crippen LogP) is 1.67. The van der Waals surface area contributed by atoms with Crippen molar-refractivity contribution >= 4 is 11.9 Å². The molecule has 0 saturated heterocycles. The van der Waals surface area contributed by atoms with Crippen molar-refractivity contribution < 1.29 is 19.2 Å². The van der Waals surface area contributed by atoms with Crippen molar-refractivity contribution in [2.75, 3.05) is 6.61 Å². The minimum atomic E-state index is -0.756. The first-order chi connectivity index (χ1) is 8.20. The van der Waals surface area contributed by atoms with Crippen molar-refractivity contribution in [2.45, 2.75) is 19.8 Å². The molecule has 17 heavy (non-hydrogen) atoms. The summed E-state index contributed by atoms with van der Waals surface area (Å²) in [6.45, 7) is 2.33. The lowest BCUT2D eigenvalue weighted by molar-refractivity contribution is 0.0454. The lowest BCUT2D eigenvalue weighted by atomic mass is 10.1. The molecule has 0 atom stereocenters. The Kier molecular flexibility index (Phi) is 5.16. The number of rotatable bonds is 5. The molecule has 0 aromatic heterocycles. The first-order valence-electron chi connectivity index (χ1n) is 5.38. The van der Waals surface area contributed by atoms with Gasteiger partial charge in [0.1, 0.15) is 0 Å². The summed E-state index contributed by atoms with van der Waals surface area (Å²) in [5.74, 6) is 3.49. The van der Waals surface area contributed by atoms with E-state index in [1.165, 1.54) is 12.1 Å². The zero-order valence-corrected chi connectivity index (χ0v) is 9.64. The van der Waals surface area contributed by atoms with Gasteiger partial charge in [0.05, 0.1) is 17.7 Å². The lowest BCUT2D eigenvalue weighted by Crippen LogP contribution is -2.16. The van der Waals surface area contributed by atoms with Crippen LogP contribution >= 0.6 is 0 Å². The molecule has 1 aromatic carbocycles. The van der Waals surface area contributed by atoms with E-state index in [0.29, 0.717) is 6.61 Å². The van der Waals surface area contributed by atoms with E-state index in [9.17, 15) is 9.59 Å². The molecule has 0 aliphatic heterocycles. The third-order valence-electron chi connectivity index (χ3n) is 2.20. The van der Waals surface area contributed by atoms with Crippen molar-refractivity contribution in [2.24, 2.45) is 5.90 Å². The van der Waals surface area contributed by atoms with Crippen LogP contribution in [0.2, 0.25) is 0 Å². The van der Waals surface area contributed by atoms with E-state index < -0.39 is 11.9 Å². The maximum Gasteiger partial charge on any atom is 0.357 e. The van der Waals surface area contributed by atoms with E-state index >= 15 is 0 Å². The number of carbonyl (C=O) groups is 2. The zero-order chi connectivity index (χ0) is 12.7. The topological polar surface area (TPSA) is 78.6 Å². The number of esters is 1. The van der Waals surface area contributed by atoms with Crippen LogP contribution in [0.1, 0.15) is 40.5 Å². The molecular formula is C12H15NO4. The fourth-order valence-corrected chi connectivity index (χ4v) is 1.29. The molecule has 0 fully saturated rings. The smallest absolute Gasteiger partial charge is 0.357 e. The molecular weight excluding hydrogens is 222 g/mol. The Bertz CT molecular complexity index is 403. The van der Waals surface area contributed by atoms with Gasteiger partial charge in [0.25, 0.3) is 0 Å². The summed E-state index contributed by atoms with van der Waals surface area (Å²) in [5.41, 5.74) is 0.274. The molecule has 1 rings (SSSR count). The van der Waals surface area contributed by atoms with E-state index in [2.05, 4.69) is 4.84 Å². The van der Waals surface area contributed by atoms with Crippen LogP contribution in [0.4, 0.5) is 0 Å². The summed E-state index contributed by atoms with van der Waals surface area (Å²) in [4.78, 5) is 27.1. The molecule has 5 heteroatoms. The molecule has 0 aliphatic carbocycles. The van der Waals surface area contributed by atoms with Gasteiger partial charge in [-0.2, -0.15) is 5.90 Å². The van der Waals surface area contributed by atoms with Crippen LogP contribution in [-0.4, -0.2) is 18.5 Å². The van der Waals surface area contributed by atoms with Gasteiger partial charge in [0.2, 0.25) is 0 Å². The number of hydrogen-bond donors (Lipinski definition) is 1. The molecule has 0 amide bonds. The molecule has 2 N–H and O–H groups in total. The Morgan fingerprint density at radius 2 is 1.76 bits per heavy atom. The third kappa shape index (κ3) is 3.57. The van der Waals surface area contributed by atoms with Crippen molar-refractivity contribution in [3.63, 3.8) is 0 Å². The second-order valence-corrected chi connectivity index (χ2v) is 3.44. The third-order valence-corrected chi connectivity index (χ3v) is 2.20. The first-order valence-corrected chi connectivity index (χ1v) is 5.38. The second-order valence-electron chi connectivity index (χ2n) is 3.44. The molecule has 0 radical (unpaired) electrons. The van der Waals surface area contributed by atoms with Gasteiger partial charge in [0, 0.05) is 0 Å². The number of nitrogens with two attached hydrogens (primary N) is 1. The minimum absolute atomic E-state index is 0.108. The molecule has 0 heterocycles. The highest BCUT2D eigenvalue weighted by Crippen LogP contribution is 2.11. The van der Waals surface area contributed by atoms with Crippen LogP contribution in [-0.2, 0) is 9.57 Å². The van der Waals surface area contributed by atoms with Gasteiger partial charge in [-0.3, -0.25) is 0 Å². The van der Waals surface area contributed by atoms with Crippen molar-refractivity contribution in [3.8, 4) is 0 Å². The van der Waals surface area contributed by atoms with E-state index in [0.717, 1.165) is 12.8 Å². The number of hydrogen-bond acceptors (Lipinski definition) is 5. The van der Waals surface area contributed by atoms with Gasteiger partial charge in [-0.1, -0.05) is 25.5 Å². The van der Waals surface area contributed by atoms with Gasteiger partial charge >= 0.3 is 11.9 Å². The van der Waals surface area contributed by atoms with Gasteiger partial charge in [0.15, 0.2) is 0 Å². The average Bonchev–Trinajstić information content (AvgIpc) is 2.38. The van der Waals surface area contributed by atoms with E-state index in [4.69, 9.17) is 10.6 Å². The van der Waals surface area contributed by atoms with Crippen LogP contribution in [0.25, 0.3) is 0 Å². The van der Waals surface area contributed by atoms with E-state index in [1.807, 2.05) is 6.92 Å². The van der Waals surface area contributed by atoms with Crippen molar-refractivity contribution in [3.05, 3.63) is 35.4 Å². The Morgan fingerprint density at radius 1 is 1.18 bits per heavy atom. The fraction of sp³-hybridized carbons (Fsp3) is 0.333. The van der Waals surface area contributed by atoms with Crippen LogP contribution in [0, 0.1) is 0 Å². The molecule has 0 aliphatic rings. The Hall–Kier alpha value is -1.88. The predicted molar refractivity (Wildman–Crippen MR) is 61.2 cm³/mol. The SMILES string of the molecule is CCCCOC(=O)c1ccccc1C(=O)ON. The number of carbonyl (C=O) groups excluding carboxylic acids is 2. The molecule has 1 aromatic rings. The minimum Gasteiger partial charge on any atom is -0.462 e. The molecule has 92 valence electrons. The van der Waals surface area contributed by atoms with Crippen LogP contribution in [0.15, 0.2) is 24.3 Å². The molecule has 0 unspecified atom stereocenters.